The third-order valence-corrected chi connectivity index (χ3v) is 6.36. The van der Waals surface area contributed by atoms with Crippen LogP contribution in [0.5, 0.6) is 0 Å². The fourth-order valence-electron chi connectivity index (χ4n) is 2.72. The molecule has 0 aliphatic carbocycles. The minimum absolute atomic E-state index is 0.0114. The first-order valence-corrected chi connectivity index (χ1v) is 11.4. The topological polar surface area (TPSA) is 73.8 Å². The molecule has 9 heteroatoms. The Balaban J connectivity index is 1.59. The molecule has 4 rings (SSSR count). The zero-order chi connectivity index (χ0) is 19.7. The smallest absolute Gasteiger partial charge is 0.272 e. The van der Waals surface area contributed by atoms with E-state index in [9.17, 15) is 4.79 Å². The van der Waals surface area contributed by atoms with Crippen molar-refractivity contribution in [3.8, 4) is 11.4 Å². The number of aromatic nitrogens is 4. The van der Waals surface area contributed by atoms with Gasteiger partial charge in [-0.05, 0) is 41.6 Å². The Morgan fingerprint density at radius 3 is 2.75 bits per heavy atom. The molecule has 0 spiro atoms. The summed E-state index contributed by atoms with van der Waals surface area (Å²) in [4.78, 5) is 22.0. The van der Waals surface area contributed by atoms with Crippen molar-refractivity contribution in [1.82, 2.24) is 19.7 Å². The molecule has 28 heavy (non-hydrogen) atoms. The lowest BCUT2D eigenvalue weighted by molar-refractivity contribution is 0.391. The number of nitrogens with zero attached hydrogens (tertiary/aromatic N) is 4. The predicted molar refractivity (Wildman–Crippen MR) is 116 cm³/mol. The van der Waals surface area contributed by atoms with E-state index < -0.39 is 0 Å². The fourth-order valence-corrected chi connectivity index (χ4v) is 4.60. The van der Waals surface area contributed by atoms with Crippen LogP contribution in [0, 0.1) is 5.92 Å². The molecule has 0 N–H and O–H groups in total. The number of fused-ring (bicyclic) bond motifs is 1. The van der Waals surface area contributed by atoms with E-state index in [0.29, 0.717) is 39.8 Å². The predicted octanol–water partition coefficient (Wildman–Crippen LogP) is 5.22. The van der Waals surface area contributed by atoms with E-state index in [2.05, 4.69) is 44.9 Å². The zero-order valence-corrected chi connectivity index (χ0v) is 18.5. The van der Waals surface area contributed by atoms with E-state index >= 15 is 0 Å². The number of thioether (sulfide) groups is 1. The number of hydrogen-bond donors (Lipinski definition) is 0. The van der Waals surface area contributed by atoms with E-state index in [1.165, 1.54) is 23.1 Å². The molecule has 0 bridgehead atoms. The Hall–Kier alpha value is -1.97. The molecule has 6 nitrogen and oxygen atoms in total. The molecule has 0 saturated carbocycles. The first kappa shape index (κ1) is 19.4. The first-order valence-electron chi connectivity index (χ1n) is 8.70. The van der Waals surface area contributed by atoms with Crippen LogP contribution in [0.1, 0.15) is 19.7 Å². The minimum atomic E-state index is 0.0114. The van der Waals surface area contributed by atoms with Crippen molar-refractivity contribution in [1.29, 1.82) is 0 Å². The van der Waals surface area contributed by atoms with Crippen LogP contribution in [0.4, 0.5) is 0 Å². The van der Waals surface area contributed by atoms with Crippen molar-refractivity contribution >= 4 is 49.2 Å². The van der Waals surface area contributed by atoms with Crippen molar-refractivity contribution in [3.63, 3.8) is 0 Å². The first-order chi connectivity index (χ1) is 13.5. The van der Waals surface area contributed by atoms with Crippen LogP contribution in [0.2, 0.25) is 0 Å². The van der Waals surface area contributed by atoms with Crippen LogP contribution < -0.4 is 5.56 Å². The third-order valence-electron chi connectivity index (χ3n) is 3.97. The van der Waals surface area contributed by atoms with Gasteiger partial charge in [0.25, 0.3) is 5.56 Å². The molecule has 4 aromatic rings. The van der Waals surface area contributed by atoms with Gasteiger partial charge in [0.05, 0.1) is 11.3 Å². The second-order valence-electron chi connectivity index (χ2n) is 6.65. The highest BCUT2D eigenvalue weighted by Gasteiger charge is 2.16. The summed E-state index contributed by atoms with van der Waals surface area (Å²) in [5.41, 5.74) is 1.63. The van der Waals surface area contributed by atoms with Gasteiger partial charge in [0, 0.05) is 16.6 Å². The van der Waals surface area contributed by atoms with Gasteiger partial charge in [-0.25, -0.2) is 4.98 Å². The van der Waals surface area contributed by atoms with Gasteiger partial charge in [-0.15, -0.1) is 11.3 Å². The summed E-state index contributed by atoms with van der Waals surface area (Å²) in [5, 5.41) is 6.63. The number of rotatable bonds is 6. The van der Waals surface area contributed by atoms with Crippen LogP contribution in [0.15, 0.2) is 54.7 Å². The van der Waals surface area contributed by atoms with E-state index in [-0.39, 0.29) is 5.56 Å². The van der Waals surface area contributed by atoms with Crippen molar-refractivity contribution in [2.75, 3.05) is 0 Å². The van der Waals surface area contributed by atoms with Crippen LogP contribution in [-0.4, -0.2) is 19.7 Å². The highest BCUT2D eigenvalue weighted by molar-refractivity contribution is 9.10. The molecule has 0 aliphatic rings. The third kappa shape index (κ3) is 4.06. The van der Waals surface area contributed by atoms with Crippen molar-refractivity contribution in [3.05, 3.63) is 56.4 Å². The molecule has 144 valence electrons. The molecule has 0 unspecified atom stereocenters. The van der Waals surface area contributed by atoms with E-state index in [1.54, 1.807) is 4.57 Å². The van der Waals surface area contributed by atoms with Gasteiger partial charge in [0.1, 0.15) is 4.70 Å². The molecule has 0 atom stereocenters. The maximum absolute atomic E-state index is 12.8. The number of thiophene rings is 1. The van der Waals surface area contributed by atoms with Gasteiger partial charge >= 0.3 is 0 Å². The summed E-state index contributed by atoms with van der Waals surface area (Å²) in [6, 6.07) is 9.61. The van der Waals surface area contributed by atoms with Crippen LogP contribution >= 0.6 is 39.0 Å². The van der Waals surface area contributed by atoms with E-state index in [4.69, 9.17) is 4.52 Å². The molecule has 0 saturated heterocycles. The van der Waals surface area contributed by atoms with Crippen LogP contribution in [0.3, 0.4) is 0 Å². The maximum atomic E-state index is 12.8. The molecule has 1 aromatic carbocycles. The van der Waals surface area contributed by atoms with Gasteiger partial charge in [-0.3, -0.25) is 9.36 Å². The monoisotopic (exact) mass is 476 g/mol. The Bertz CT molecular complexity index is 1160. The number of benzene rings is 1. The molecule has 3 heterocycles. The van der Waals surface area contributed by atoms with Gasteiger partial charge < -0.3 is 4.52 Å². The molecule has 0 aliphatic heterocycles. The van der Waals surface area contributed by atoms with Gasteiger partial charge in [0.2, 0.25) is 11.7 Å². The highest BCUT2D eigenvalue weighted by Crippen LogP contribution is 2.25. The Morgan fingerprint density at radius 2 is 2.00 bits per heavy atom. The number of halogens is 1. The van der Waals surface area contributed by atoms with Crippen molar-refractivity contribution in [2.45, 2.75) is 31.3 Å². The minimum Gasteiger partial charge on any atom is -0.338 e. The Morgan fingerprint density at radius 1 is 1.21 bits per heavy atom. The average molecular weight is 477 g/mol. The molecular weight excluding hydrogens is 460 g/mol. The molecule has 3 aromatic heterocycles. The van der Waals surface area contributed by atoms with Crippen molar-refractivity contribution < 1.29 is 4.52 Å². The summed E-state index contributed by atoms with van der Waals surface area (Å²) < 4.78 is 8.83. The lowest BCUT2D eigenvalue weighted by atomic mass is 10.2. The quantitative estimate of drug-likeness (QED) is 0.280. The summed E-state index contributed by atoms with van der Waals surface area (Å²) in [7, 11) is 0. The summed E-state index contributed by atoms with van der Waals surface area (Å²) in [6.45, 7) is 4.79. The highest BCUT2D eigenvalue weighted by atomic mass is 79.9. The van der Waals surface area contributed by atoms with Crippen molar-refractivity contribution in [2.24, 2.45) is 5.92 Å². The molecule has 0 amide bonds. The average Bonchev–Trinajstić information content (AvgIpc) is 3.32. The normalized spacial score (nSPS) is 11.6. The second-order valence-corrected chi connectivity index (χ2v) is 9.42. The van der Waals surface area contributed by atoms with E-state index in [0.717, 1.165) is 15.6 Å². The Labute approximate surface area is 178 Å². The molecule has 0 fully saturated rings. The summed E-state index contributed by atoms with van der Waals surface area (Å²) in [5.74, 6) is 1.83. The van der Waals surface area contributed by atoms with Crippen LogP contribution in [-0.2, 0) is 12.3 Å². The largest absolute Gasteiger partial charge is 0.338 e. The summed E-state index contributed by atoms with van der Waals surface area (Å²) in [6.07, 6.45) is 0. The zero-order valence-electron chi connectivity index (χ0n) is 15.3. The van der Waals surface area contributed by atoms with Gasteiger partial charge in [-0.1, -0.05) is 46.7 Å². The molecule has 0 radical (unpaired) electrons. The fraction of sp³-hybridized carbons (Fsp3) is 0.263. The lowest BCUT2D eigenvalue weighted by Crippen LogP contribution is -2.24. The van der Waals surface area contributed by atoms with Gasteiger partial charge in [0.15, 0.2) is 5.16 Å². The van der Waals surface area contributed by atoms with Gasteiger partial charge in [-0.2, -0.15) is 4.98 Å². The standard InChI is InChI=1S/C19H17BrN4O2S2/c1-11(2)9-24-18(25)16-14(7-8-27-16)21-19(24)28-10-15-22-17(23-26-15)12-3-5-13(20)6-4-12/h3-8,11H,9-10H2,1-2H3. The number of hydrogen-bond acceptors (Lipinski definition) is 7. The SMILES string of the molecule is CC(C)Cn1c(SCc2nc(-c3ccc(Br)cc3)no2)nc2ccsc2c1=O. The van der Waals surface area contributed by atoms with E-state index in [1.807, 2.05) is 35.7 Å². The Kier molecular flexibility index (Phi) is 5.65. The lowest BCUT2D eigenvalue weighted by Gasteiger charge is -2.13. The molecular formula is C19H17BrN4O2S2. The maximum Gasteiger partial charge on any atom is 0.272 e. The second kappa shape index (κ2) is 8.18. The van der Waals surface area contributed by atoms with Crippen LogP contribution in [0.25, 0.3) is 21.6 Å². The summed E-state index contributed by atoms with van der Waals surface area (Å²) >= 11 is 6.29.